The van der Waals surface area contributed by atoms with Gasteiger partial charge in [0.25, 0.3) is 11.5 Å². The van der Waals surface area contributed by atoms with Gasteiger partial charge in [-0.2, -0.15) is 0 Å². The van der Waals surface area contributed by atoms with Crippen LogP contribution < -0.4 is 5.56 Å². The van der Waals surface area contributed by atoms with Crippen molar-refractivity contribution in [2.75, 3.05) is 13.1 Å². The summed E-state index contributed by atoms with van der Waals surface area (Å²) in [6.45, 7) is 2.11. The van der Waals surface area contributed by atoms with E-state index in [0.717, 1.165) is 25.1 Å². The second-order valence-corrected chi connectivity index (χ2v) is 6.47. The van der Waals surface area contributed by atoms with E-state index in [1.165, 1.54) is 24.7 Å². The van der Waals surface area contributed by atoms with E-state index in [4.69, 9.17) is 4.42 Å². The van der Waals surface area contributed by atoms with E-state index in [-0.39, 0.29) is 11.5 Å². The summed E-state index contributed by atoms with van der Waals surface area (Å²) in [4.78, 5) is 26.5. The molecule has 2 aromatic rings. The van der Waals surface area contributed by atoms with Gasteiger partial charge < -0.3 is 13.9 Å². The van der Waals surface area contributed by atoms with Crippen molar-refractivity contribution in [3.05, 3.63) is 57.9 Å². The van der Waals surface area contributed by atoms with Crippen LogP contribution in [0.3, 0.4) is 0 Å². The Morgan fingerprint density at radius 2 is 2.00 bits per heavy atom. The second-order valence-electron chi connectivity index (χ2n) is 6.47. The lowest BCUT2D eigenvalue weighted by Gasteiger charge is -2.18. The lowest BCUT2D eigenvalue weighted by atomic mass is 10.1. The summed E-state index contributed by atoms with van der Waals surface area (Å²) in [5.41, 5.74) is 2.39. The molecular weight excluding hydrogens is 292 g/mol. The van der Waals surface area contributed by atoms with Crippen LogP contribution in [0.5, 0.6) is 0 Å². The zero-order valence-electron chi connectivity index (χ0n) is 13.0. The summed E-state index contributed by atoms with van der Waals surface area (Å²) in [5.74, 6) is 0.966. The van der Waals surface area contributed by atoms with E-state index in [1.807, 2.05) is 15.5 Å². The Balaban J connectivity index is 1.58. The van der Waals surface area contributed by atoms with Crippen LogP contribution in [-0.2, 0) is 19.4 Å². The second kappa shape index (κ2) is 5.72. The summed E-state index contributed by atoms with van der Waals surface area (Å²) in [5, 5.41) is 0. The molecule has 1 aliphatic heterocycles. The van der Waals surface area contributed by atoms with Gasteiger partial charge in [0.1, 0.15) is 0 Å². The van der Waals surface area contributed by atoms with E-state index < -0.39 is 0 Å². The molecule has 0 bridgehead atoms. The molecule has 1 amide bonds. The number of carbonyl (C=O) groups is 1. The molecule has 1 fully saturated rings. The lowest BCUT2D eigenvalue weighted by molar-refractivity contribution is 0.0730. The quantitative estimate of drug-likeness (QED) is 0.872. The summed E-state index contributed by atoms with van der Waals surface area (Å²) < 4.78 is 7.16. The van der Waals surface area contributed by atoms with Gasteiger partial charge in [0.2, 0.25) is 0 Å². The number of amides is 1. The van der Waals surface area contributed by atoms with E-state index in [2.05, 4.69) is 0 Å². The molecule has 5 nitrogen and oxygen atoms in total. The van der Waals surface area contributed by atoms with Gasteiger partial charge in [-0.05, 0) is 42.9 Å². The number of fused-ring (bicyclic) bond motifs is 1. The van der Waals surface area contributed by atoms with E-state index in [1.54, 1.807) is 18.2 Å². The number of rotatable bonds is 3. The number of carbonyl (C=O) groups excluding carboxylic acids is 1. The Morgan fingerprint density at radius 1 is 1.17 bits per heavy atom. The Kier molecular flexibility index (Phi) is 3.56. The molecule has 1 saturated carbocycles. The maximum atomic E-state index is 12.5. The molecule has 0 atom stereocenters. The minimum absolute atomic E-state index is 0.0705. The number of pyridine rings is 1. The zero-order valence-corrected chi connectivity index (χ0v) is 13.0. The minimum Gasteiger partial charge on any atom is -0.459 e. The SMILES string of the molecule is O=C(c1ccco1)N1CCc2ccc(=O)n(CC3CC3)c2CC1. The predicted molar refractivity (Wildman–Crippen MR) is 85.4 cm³/mol. The molecule has 0 radical (unpaired) electrons. The molecule has 3 heterocycles. The molecule has 0 aromatic carbocycles. The first kappa shape index (κ1) is 14.3. The van der Waals surface area contributed by atoms with Crippen LogP contribution in [-0.4, -0.2) is 28.5 Å². The highest BCUT2D eigenvalue weighted by Gasteiger charge is 2.26. The van der Waals surface area contributed by atoms with Gasteiger partial charge in [-0.3, -0.25) is 9.59 Å². The molecular formula is C18H20N2O3. The van der Waals surface area contributed by atoms with Crippen molar-refractivity contribution in [2.24, 2.45) is 5.92 Å². The summed E-state index contributed by atoms with van der Waals surface area (Å²) in [6.07, 6.45) is 5.48. The van der Waals surface area contributed by atoms with Crippen LogP contribution in [0, 0.1) is 5.92 Å². The molecule has 4 rings (SSSR count). The third kappa shape index (κ3) is 2.83. The fourth-order valence-corrected chi connectivity index (χ4v) is 3.31. The summed E-state index contributed by atoms with van der Waals surface area (Å²) in [6, 6.07) is 7.03. The molecule has 0 saturated heterocycles. The highest BCUT2D eigenvalue weighted by Crippen LogP contribution is 2.31. The zero-order chi connectivity index (χ0) is 15.8. The number of hydrogen-bond acceptors (Lipinski definition) is 3. The fraction of sp³-hybridized carbons (Fsp3) is 0.444. The molecule has 0 spiro atoms. The lowest BCUT2D eigenvalue weighted by Crippen LogP contribution is -2.33. The number of aromatic nitrogens is 1. The Bertz CT molecular complexity index is 772. The average Bonchev–Trinajstić information content (AvgIpc) is 3.26. The number of furan rings is 1. The van der Waals surface area contributed by atoms with Gasteiger partial charge in [-0.1, -0.05) is 6.07 Å². The van der Waals surface area contributed by atoms with Crippen molar-refractivity contribution in [2.45, 2.75) is 32.2 Å². The smallest absolute Gasteiger partial charge is 0.289 e. The Morgan fingerprint density at radius 3 is 2.74 bits per heavy atom. The normalized spacial score (nSPS) is 17.7. The first-order valence-electron chi connectivity index (χ1n) is 8.27. The van der Waals surface area contributed by atoms with Crippen LogP contribution >= 0.6 is 0 Å². The van der Waals surface area contributed by atoms with Gasteiger partial charge in [-0.15, -0.1) is 0 Å². The van der Waals surface area contributed by atoms with Gasteiger partial charge in [0.15, 0.2) is 5.76 Å². The van der Waals surface area contributed by atoms with Crippen LogP contribution in [0.25, 0.3) is 0 Å². The van der Waals surface area contributed by atoms with Crippen LogP contribution in [0.1, 0.15) is 34.7 Å². The van der Waals surface area contributed by atoms with Crippen molar-refractivity contribution < 1.29 is 9.21 Å². The van der Waals surface area contributed by atoms with Gasteiger partial charge in [0.05, 0.1) is 6.26 Å². The fourth-order valence-electron chi connectivity index (χ4n) is 3.31. The maximum absolute atomic E-state index is 12.5. The molecule has 0 unspecified atom stereocenters. The molecule has 23 heavy (non-hydrogen) atoms. The van der Waals surface area contributed by atoms with Gasteiger partial charge in [-0.25, -0.2) is 0 Å². The average molecular weight is 312 g/mol. The van der Waals surface area contributed by atoms with Crippen molar-refractivity contribution in [1.29, 1.82) is 0 Å². The highest BCUT2D eigenvalue weighted by atomic mass is 16.3. The molecule has 2 aliphatic rings. The topological polar surface area (TPSA) is 55.5 Å². The molecule has 1 aliphatic carbocycles. The van der Waals surface area contributed by atoms with Crippen LogP contribution in [0.15, 0.2) is 39.7 Å². The van der Waals surface area contributed by atoms with Crippen molar-refractivity contribution in [1.82, 2.24) is 9.47 Å². The van der Waals surface area contributed by atoms with E-state index in [9.17, 15) is 9.59 Å². The van der Waals surface area contributed by atoms with Crippen LogP contribution in [0.4, 0.5) is 0 Å². The third-order valence-corrected chi connectivity index (χ3v) is 4.82. The van der Waals surface area contributed by atoms with Crippen molar-refractivity contribution >= 4 is 5.91 Å². The minimum atomic E-state index is -0.0705. The molecule has 120 valence electrons. The molecule has 0 N–H and O–H groups in total. The van der Waals surface area contributed by atoms with Crippen molar-refractivity contribution in [3.8, 4) is 0 Å². The molecule has 5 heteroatoms. The van der Waals surface area contributed by atoms with Gasteiger partial charge in [0, 0.05) is 37.8 Å². The number of nitrogens with zero attached hydrogens (tertiary/aromatic N) is 2. The summed E-state index contributed by atoms with van der Waals surface area (Å²) in [7, 11) is 0. The standard InChI is InChI=1S/C18H20N2O3/c21-17-6-5-14-7-9-19(18(22)16-2-1-11-23-16)10-8-15(14)20(17)12-13-3-4-13/h1-2,5-6,11,13H,3-4,7-10,12H2. The predicted octanol–water partition coefficient (Wildman–Crippen LogP) is 2.09. The summed E-state index contributed by atoms with van der Waals surface area (Å²) >= 11 is 0. The number of hydrogen-bond donors (Lipinski definition) is 0. The molecule has 2 aromatic heterocycles. The highest BCUT2D eigenvalue weighted by molar-refractivity contribution is 5.91. The van der Waals surface area contributed by atoms with Crippen LogP contribution in [0.2, 0.25) is 0 Å². The monoisotopic (exact) mass is 312 g/mol. The van der Waals surface area contributed by atoms with E-state index in [0.29, 0.717) is 24.8 Å². The largest absolute Gasteiger partial charge is 0.459 e. The Hall–Kier alpha value is -2.30. The third-order valence-electron chi connectivity index (χ3n) is 4.82. The van der Waals surface area contributed by atoms with Crippen molar-refractivity contribution in [3.63, 3.8) is 0 Å². The first-order valence-corrected chi connectivity index (χ1v) is 8.27. The maximum Gasteiger partial charge on any atom is 0.289 e. The van der Waals surface area contributed by atoms with Gasteiger partial charge >= 0.3 is 0 Å². The Labute approximate surface area is 134 Å². The first-order chi connectivity index (χ1) is 11.2. The van der Waals surface area contributed by atoms with E-state index >= 15 is 0 Å².